The van der Waals surface area contributed by atoms with E-state index in [2.05, 4.69) is 10.6 Å². The number of amides is 2. The molecule has 8 heteroatoms. The molecule has 1 aliphatic rings. The molecule has 8 nitrogen and oxygen atoms in total. The van der Waals surface area contributed by atoms with E-state index in [4.69, 9.17) is 4.74 Å². The number of benzene rings is 1. The van der Waals surface area contributed by atoms with Crippen LogP contribution in [0.2, 0.25) is 0 Å². The molecule has 0 bridgehead atoms. The number of nitrogens with zero attached hydrogens (tertiary/aromatic N) is 1. The first-order valence-corrected chi connectivity index (χ1v) is 7.49. The van der Waals surface area contributed by atoms with E-state index in [0.29, 0.717) is 11.3 Å². The zero-order chi connectivity index (χ0) is 17.9. The van der Waals surface area contributed by atoms with Gasteiger partial charge in [-0.05, 0) is 30.5 Å². The SMILES string of the molecule is CC1=C(C(=O)OCC(C)C)[C@H](c2ccc([N+](=O)[O-])cc2)NC(=O)N1. The number of ether oxygens (including phenoxy) is 1. The Morgan fingerprint density at radius 1 is 1.33 bits per heavy atom. The lowest BCUT2D eigenvalue weighted by molar-refractivity contribution is -0.384. The van der Waals surface area contributed by atoms with Gasteiger partial charge >= 0.3 is 12.0 Å². The molecule has 0 fully saturated rings. The molecule has 24 heavy (non-hydrogen) atoms. The van der Waals surface area contributed by atoms with Crippen molar-refractivity contribution in [3.63, 3.8) is 0 Å². The summed E-state index contributed by atoms with van der Waals surface area (Å²) in [6.07, 6.45) is 0. The molecule has 1 atom stereocenters. The van der Waals surface area contributed by atoms with Gasteiger partial charge in [0.2, 0.25) is 0 Å². The quantitative estimate of drug-likeness (QED) is 0.488. The Morgan fingerprint density at radius 2 is 1.96 bits per heavy atom. The number of nitrogens with one attached hydrogen (secondary N) is 2. The highest BCUT2D eigenvalue weighted by molar-refractivity contribution is 5.95. The van der Waals surface area contributed by atoms with Gasteiger partial charge in [-0.1, -0.05) is 13.8 Å². The van der Waals surface area contributed by atoms with Crippen LogP contribution in [0.4, 0.5) is 10.5 Å². The van der Waals surface area contributed by atoms with E-state index >= 15 is 0 Å². The van der Waals surface area contributed by atoms with E-state index in [1.807, 2.05) is 13.8 Å². The number of nitro benzene ring substituents is 1. The van der Waals surface area contributed by atoms with Gasteiger partial charge in [0.1, 0.15) is 0 Å². The average Bonchev–Trinajstić information content (AvgIpc) is 2.52. The minimum Gasteiger partial charge on any atom is -0.462 e. The van der Waals surface area contributed by atoms with Crippen LogP contribution in [0.5, 0.6) is 0 Å². The lowest BCUT2D eigenvalue weighted by atomic mass is 9.95. The van der Waals surface area contributed by atoms with E-state index in [0.717, 1.165) is 0 Å². The maximum atomic E-state index is 12.4. The van der Waals surface area contributed by atoms with Gasteiger partial charge in [0.25, 0.3) is 5.69 Å². The van der Waals surface area contributed by atoms with Crippen LogP contribution in [0.1, 0.15) is 32.4 Å². The molecule has 0 spiro atoms. The van der Waals surface area contributed by atoms with Crippen LogP contribution in [0.15, 0.2) is 35.5 Å². The van der Waals surface area contributed by atoms with Gasteiger partial charge in [-0.25, -0.2) is 9.59 Å². The third-order valence-corrected chi connectivity index (χ3v) is 3.47. The van der Waals surface area contributed by atoms with Crippen LogP contribution in [-0.2, 0) is 9.53 Å². The van der Waals surface area contributed by atoms with Crippen molar-refractivity contribution < 1.29 is 19.2 Å². The summed E-state index contributed by atoms with van der Waals surface area (Å²) in [6, 6.07) is 4.51. The highest BCUT2D eigenvalue weighted by Crippen LogP contribution is 2.28. The van der Waals surface area contributed by atoms with E-state index < -0.39 is 23.0 Å². The summed E-state index contributed by atoms with van der Waals surface area (Å²) in [5.41, 5.74) is 1.18. The smallest absolute Gasteiger partial charge is 0.338 e. The fourth-order valence-electron chi connectivity index (χ4n) is 2.32. The molecule has 0 radical (unpaired) electrons. The summed E-state index contributed by atoms with van der Waals surface area (Å²) in [5.74, 6) is -0.351. The molecular weight excluding hydrogens is 314 g/mol. The van der Waals surface area contributed by atoms with Gasteiger partial charge in [-0.3, -0.25) is 10.1 Å². The van der Waals surface area contributed by atoms with Gasteiger partial charge in [0, 0.05) is 17.8 Å². The number of carbonyl (C=O) groups excluding carboxylic acids is 2. The summed E-state index contributed by atoms with van der Waals surface area (Å²) < 4.78 is 5.27. The third kappa shape index (κ3) is 3.89. The van der Waals surface area contributed by atoms with Crippen LogP contribution in [0.25, 0.3) is 0 Å². The summed E-state index contributed by atoms with van der Waals surface area (Å²) in [4.78, 5) is 34.4. The Hall–Kier alpha value is -2.90. The lowest BCUT2D eigenvalue weighted by Gasteiger charge is -2.28. The number of hydrogen-bond donors (Lipinski definition) is 2. The monoisotopic (exact) mass is 333 g/mol. The molecule has 2 rings (SSSR count). The molecule has 0 saturated heterocycles. The number of esters is 1. The van der Waals surface area contributed by atoms with Crippen LogP contribution >= 0.6 is 0 Å². The van der Waals surface area contributed by atoms with E-state index in [1.165, 1.54) is 24.3 Å². The second-order valence-electron chi connectivity index (χ2n) is 5.91. The van der Waals surface area contributed by atoms with Gasteiger partial charge < -0.3 is 15.4 Å². The molecule has 2 amide bonds. The molecule has 0 saturated carbocycles. The standard InChI is InChI=1S/C16H19N3O5/c1-9(2)8-24-15(20)13-10(3)17-16(21)18-14(13)11-4-6-12(7-5-11)19(22)23/h4-7,9,14H,8H2,1-3H3,(H2,17,18,21)/t14-/m0/s1. The maximum absolute atomic E-state index is 12.4. The predicted octanol–water partition coefficient (Wildman–Crippen LogP) is 2.42. The molecule has 0 unspecified atom stereocenters. The van der Waals surface area contributed by atoms with Crippen LogP contribution in [0, 0.1) is 16.0 Å². The molecule has 128 valence electrons. The topological polar surface area (TPSA) is 111 Å². The number of non-ortho nitro benzene ring substituents is 1. The van der Waals surface area contributed by atoms with E-state index in [9.17, 15) is 19.7 Å². The number of carbonyl (C=O) groups is 2. The Balaban J connectivity index is 2.33. The minimum atomic E-state index is -0.723. The molecule has 0 aromatic heterocycles. The van der Waals surface area contributed by atoms with Crippen molar-refractivity contribution in [1.29, 1.82) is 0 Å². The predicted molar refractivity (Wildman–Crippen MR) is 86.0 cm³/mol. The van der Waals surface area contributed by atoms with Gasteiger partial charge in [-0.2, -0.15) is 0 Å². The van der Waals surface area contributed by atoms with Crippen LogP contribution in [-0.4, -0.2) is 23.5 Å². The zero-order valence-electron chi connectivity index (χ0n) is 13.7. The largest absolute Gasteiger partial charge is 0.462 e. The van der Waals surface area contributed by atoms with Crippen molar-refractivity contribution in [3.05, 3.63) is 51.2 Å². The molecule has 1 aromatic rings. The van der Waals surface area contributed by atoms with Crippen LogP contribution < -0.4 is 10.6 Å². The molecule has 0 aliphatic carbocycles. The number of rotatable bonds is 5. The van der Waals surface area contributed by atoms with Gasteiger partial charge in [-0.15, -0.1) is 0 Å². The summed E-state index contributed by atoms with van der Waals surface area (Å²) in [7, 11) is 0. The zero-order valence-corrected chi connectivity index (χ0v) is 13.7. The van der Waals surface area contributed by atoms with Crippen molar-refractivity contribution in [1.82, 2.24) is 10.6 Å². The minimum absolute atomic E-state index is 0.0661. The lowest BCUT2D eigenvalue weighted by Crippen LogP contribution is -2.45. The number of nitro groups is 1. The second-order valence-corrected chi connectivity index (χ2v) is 5.91. The summed E-state index contributed by atoms with van der Waals surface area (Å²) in [6.45, 7) is 5.71. The first-order valence-electron chi connectivity index (χ1n) is 7.49. The van der Waals surface area contributed by atoms with Gasteiger partial charge in [0.15, 0.2) is 0 Å². The summed E-state index contributed by atoms with van der Waals surface area (Å²) in [5, 5.41) is 16.0. The second kappa shape index (κ2) is 7.12. The average molecular weight is 333 g/mol. The highest BCUT2D eigenvalue weighted by Gasteiger charge is 2.32. The maximum Gasteiger partial charge on any atom is 0.338 e. The van der Waals surface area contributed by atoms with Crippen LogP contribution in [0.3, 0.4) is 0 Å². The number of urea groups is 1. The van der Waals surface area contributed by atoms with Crippen molar-refractivity contribution >= 4 is 17.7 Å². The first kappa shape index (κ1) is 17.5. The molecule has 1 heterocycles. The molecule has 2 N–H and O–H groups in total. The Bertz CT molecular complexity index is 694. The fourth-order valence-corrected chi connectivity index (χ4v) is 2.32. The van der Waals surface area contributed by atoms with Crippen molar-refractivity contribution in [2.24, 2.45) is 5.92 Å². The first-order chi connectivity index (χ1) is 11.3. The van der Waals surface area contributed by atoms with E-state index in [-0.39, 0.29) is 23.8 Å². The highest BCUT2D eigenvalue weighted by atomic mass is 16.6. The Morgan fingerprint density at radius 3 is 2.50 bits per heavy atom. The fraction of sp³-hybridized carbons (Fsp3) is 0.375. The Labute approximate surface area is 139 Å². The van der Waals surface area contributed by atoms with Crippen molar-refractivity contribution in [2.45, 2.75) is 26.8 Å². The molecule has 1 aromatic carbocycles. The van der Waals surface area contributed by atoms with E-state index in [1.54, 1.807) is 6.92 Å². The normalized spacial score (nSPS) is 17.3. The van der Waals surface area contributed by atoms with Crippen molar-refractivity contribution in [2.75, 3.05) is 6.61 Å². The Kier molecular flexibility index (Phi) is 5.18. The summed E-state index contributed by atoms with van der Waals surface area (Å²) >= 11 is 0. The van der Waals surface area contributed by atoms with Gasteiger partial charge in [0.05, 0.1) is 23.1 Å². The molecular formula is C16H19N3O5. The van der Waals surface area contributed by atoms with Crippen molar-refractivity contribution in [3.8, 4) is 0 Å². The number of hydrogen-bond acceptors (Lipinski definition) is 5. The third-order valence-electron chi connectivity index (χ3n) is 3.47. The molecule has 1 aliphatic heterocycles. The number of allylic oxidation sites excluding steroid dienone is 1.